The first kappa shape index (κ1) is 17.1. The zero-order valence-electron chi connectivity index (χ0n) is 15.2. The smallest absolute Gasteiger partial charge is 0.257 e. The summed E-state index contributed by atoms with van der Waals surface area (Å²) in [5, 5.41) is 4.21. The second kappa shape index (κ2) is 6.75. The predicted octanol–water partition coefficient (Wildman–Crippen LogP) is 2.08. The van der Waals surface area contributed by atoms with Gasteiger partial charge in [0.1, 0.15) is 25.1 Å². The van der Waals surface area contributed by atoms with E-state index in [1.807, 2.05) is 14.0 Å². The van der Waals surface area contributed by atoms with E-state index in [9.17, 15) is 4.39 Å². The molecule has 0 aromatic carbocycles. The molecule has 4 heterocycles. The molecule has 140 valence electrons. The highest BCUT2D eigenvalue weighted by molar-refractivity contribution is 5.36. The standard InChI is InChI=1S/C18H23FN4O3/c1-11-6-13(26-17-8-20-22(3)12(17)2)9-23(11)10-15-14(19)7-16-18(21-15)25-5-4-24-16/h7-8,11,13H,4-6,9-10H2,1-3H3/t11-,13+/m0/s1. The highest BCUT2D eigenvalue weighted by Gasteiger charge is 2.32. The van der Waals surface area contributed by atoms with Gasteiger partial charge in [0.05, 0.1) is 17.6 Å². The third-order valence-corrected chi connectivity index (χ3v) is 5.06. The summed E-state index contributed by atoms with van der Waals surface area (Å²) >= 11 is 0. The number of nitrogens with zero attached hydrogens (tertiary/aromatic N) is 4. The molecule has 0 amide bonds. The van der Waals surface area contributed by atoms with Crippen LogP contribution in [0.1, 0.15) is 24.7 Å². The molecule has 0 aliphatic carbocycles. The highest BCUT2D eigenvalue weighted by atomic mass is 19.1. The number of halogens is 1. The Labute approximate surface area is 151 Å². The number of rotatable bonds is 4. The van der Waals surface area contributed by atoms with Gasteiger partial charge in [0.25, 0.3) is 5.88 Å². The van der Waals surface area contributed by atoms with E-state index < -0.39 is 0 Å². The Morgan fingerprint density at radius 2 is 2.15 bits per heavy atom. The summed E-state index contributed by atoms with van der Waals surface area (Å²) in [7, 11) is 1.89. The van der Waals surface area contributed by atoms with Crippen LogP contribution in [-0.2, 0) is 13.6 Å². The minimum atomic E-state index is -0.367. The van der Waals surface area contributed by atoms with E-state index in [1.165, 1.54) is 6.07 Å². The van der Waals surface area contributed by atoms with Crippen LogP contribution >= 0.6 is 0 Å². The zero-order chi connectivity index (χ0) is 18.3. The van der Waals surface area contributed by atoms with Crippen LogP contribution in [0.4, 0.5) is 4.39 Å². The van der Waals surface area contributed by atoms with Crippen LogP contribution in [0.25, 0.3) is 0 Å². The minimum absolute atomic E-state index is 0.0492. The second-order valence-electron chi connectivity index (χ2n) is 6.89. The molecule has 1 fully saturated rings. The summed E-state index contributed by atoms with van der Waals surface area (Å²) in [6, 6.07) is 1.64. The number of likely N-dealkylation sites (tertiary alicyclic amines) is 1. The number of aryl methyl sites for hydroxylation is 1. The largest absolute Gasteiger partial charge is 0.485 e. The molecule has 8 heteroatoms. The SMILES string of the molecule is Cc1c(O[C@@H]2C[C@H](C)N(Cc3nc4c(cc3F)OCCO4)C2)cnn1C. The molecule has 0 radical (unpaired) electrons. The van der Waals surface area contributed by atoms with E-state index in [-0.39, 0.29) is 18.0 Å². The number of ether oxygens (including phenoxy) is 3. The van der Waals surface area contributed by atoms with Crippen LogP contribution in [0.2, 0.25) is 0 Å². The lowest BCUT2D eigenvalue weighted by molar-refractivity contribution is 0.160. The molecule has 2 aliphatic rings. The lowest BCUT2D eigenvalue weighted by Gasteiger charge is -2.22. The van der Waals surface area contributed by atoms with E-state index in [4.69, 9.17) is 14.2 Å². The monoisotopic (exact) mass is 362 g/mol. The van der Waals surface area contributed by atoms with E-state index in [1.54, 1.807) is 10.9 Å². The summed E-state index contributed by atoms with van der Waals surface area (Å²) in [5.41, 5.74) is 1.37. The fraction of sp³-hybridized carbons (Fsp3) is 0.556. The molecule has 0 saturated carbocycles. The van der Waals surface area contributed by atoms with Crippen molar-refractivity contribution >= 4 is 0 Å². The van der Waals surface area contributed by atoms with Gasteiger partial charge in [-0.05, 0) is 13.8 Å². The maximum atomic E-state index is 14.4. The van der Waals surface area contributed by atoms with Gasteiger partial charge in [0, 0.05) is 38.7 Å². The fourth-order valence-corrected chi connectivity index (χ4v) is 3.42. The second-order valence-corrected chi connectivity index (χ2v) is 6.89. The molecule has 1 saturated heterocycles. The Hall–Kier alpha value is -2.35. The third-order valence-electron chi connectivity index (χ3n) is 5.06. The number of hydrogen-bond acceptors (Lipinski definition) is 6. The Kier molecular flexibility index (Phi) is 4.44. The average molecular weight is 362 g/mol. The summed E-state index contributed by atoms with van der Waals surface area (Å²) in [4.78, 5) is 6.50. The molecular formula is C18H23FN4O3. The zero-order valence-corrected chi connectivity index (χ0v) is 15.2. The van der Waals surface area contributed by atoms with Crippen molar-refractivity contribution in [3.05, 3.63) is 29.5 Å². The lowest BCUT2D eigenvalue weighted by Crippen LogP contribution is -2.29. The first-order valence-electron chi connectivity index (χ1n) is 8.85. The van der Waals surface area contributed by atoms with Crippen molar-refractivity contribution in [2.24, 2.45) is 7.05 Å². The van der Waals surface area contributed by atoms with Gasteiger partial charge in [0.2, 0.25) is 0 Å². The topological polar surface area (TPSA) is 61.6 Å². The quantitative estimate of drug-likeness (QED) is 0.830. The molecule has 26 heavy (non-hydrogen) atoms. The highest BCUT2D eigenvalue weighted by Crippen LogP contribution is 2.31. The molecule has 0 unspecified atom stereocenters. The third kappa shape index (κ3) is 3.21. The van der Waals surface area contributed by atoms with Crippen LogP contribution in [0.15, 0.2) is 12.3 Å². The van der Waals surface area contributed by atoms with Gasteiger partial charge in [-0.15, -0.1) is 0 Å². The first-order valence-corrected chi connectivity index (χ1v) is 8.85. The van der Waals surface area contributed by atoms with Gasteiger partial charge >= 0.3 is 0 Å². The number of fused-ring (bicyclic) bond motifs is 1. The van der Waals surface area contributed by atoms with Crippen molar-refractivity contribution in [3.63, 3.8) is 0 Å². The van der Waals surface area contributed by atoms with Crippen molar-refractivity contribution < 1.29 is 18.6 Å². The molecule has 2 atom stereocenters. The molecule has 0 spiro atoms. The van der Waals surface area contributed by atoms with Crippen molar-refractivity contribution in [3.8, 4) is 17.4 Å². The first-order chi connectivity index (χ1) is 12.5. The summed E-state index contributed by atoms with van der Waals surface area (Å²) in [6.07, 6.45) is 2.67. The number of pyridine rings is 1. The van der Waals surface area contributed by atoms with Crippen LogP contribution in [-0.4, -0.2) is 51.6 Å². The van der Waals surface area contributed by atoms with Gasteiger partial charge in [0.15, 0.2) is 11.5 Å². The number of aromatic nitrogens is 3. The van der Waals surface area contributed by atoms with E-state index in [0.29, 0.717) is 43.6 Å². The Morgan fingerprint density at radius 1 is 1.35 bits per heavy atom. The summed E-state index contributed by atoms with van der Waals surface area (Å²) < 4.78 is 33.1. The van der Waals surface area contributed by atoms with E-state index in [2.05, 4.69) is 21.9 Å². The molecule has 7 nitrogen and oxygen atoms in total. The van der Waals surface area contributed by atoms with Crippen molar-refractivity contribution in [1.82, 2.24) is 19.7 Å². The molecule has 0 bridgehead atoms. The normalized spacial score (nSPS) is 22.6. The van der Waals surface area contributed by atoms with Gasteiger partial charge in [-0.25, -0.2) is 9.37 Å². The summed E-state index contributed by atoms with van der Waals surface area (Å²) in [5.74, 6) is 1.18. The molecule has 2 aromatic rings. The molecule has 0 N–H and O–H groups in total. The van der Waals surface area contributed by atoms with Crippen LogP contribution < -0.4 is 14.2 Å². The molecular weight excluding hydrogens is 339 g/mol. The van der Waals surface area contributed by atoms with Crippen LogP contribution in [0.5, 0.6) is 17.4 Å². The Bertz CT molecular complexity index is 810. The predicted molar refractivity (Wildman–Crippen MR) is 92.0 cm³/mol. The van der Waals surface area contributed by atoms with Crippen LogP contribution in [0.3, 0.4) is 0 Å². The van der Waals surface area contributed by atoms with Crippen LogP contribution in [0, 0.1) is 12.7 Å². The molecule has 4 rings (SSSR count). The van der Waals surface area contributed by atoms with Crippen molar-refractivity contribution in [2.75, 3.05) is 19.8 Å². The fourth-order valence-electron chi connectivity index (χ4n) is 3.42. The van der Waals surface area contributed by atoms with Gasteiger partial charge < -0.3 is 14.2 Å². The Balaban J connectivity index is 1.45. The average Bonchev–Trinajstić information content (AvgIpc) is 3.12. The van der Waals surface area contributed by atoms with E-state index >= 15 is 0 Å². The summed E-state index contributed by atoms with van der Waals surface area (Å²) in [6.45, 7) is 6.08. The Morgan fingerprint density at radius 3 is 2.92 bits per heavy atom. The molecule has 2 aliphatic heterocycles. The van der Waals surface area contributed by atoms with Gasteiger partial charge in [-0.2, -0.15) is 5.10 Å². The van der Waals surface area contributed by atoms with Crippen molar-refractivity contribution in [2.45, 2.75) is 39.0 Å². The maximum absolute atomic E-state index is 14.4. The van der Waals surface area contributed by atoms with Gasteiger partial charge in [-0.3, -0.25) is 9.58 Å². The maximum Gasteiger partial charge on any atom is 0.257 e. The minimum Gasteiger partial charge on any atom is -0.485 e. The van der Waals surface area contributed by atoms with Gasteiger partial charge in [-0.1, -0.05) is 0 Å². The number of hydrogen-bond donors (Lipinski definition) is 0. The molecule has 2 aromatic heterocycles. The van der Waals surface area contributed by atoms with E-state index in [0.717, 1.165) is 17.9 Å². The van der Waals surface area contributed by atoms with Crippen molar-refractivity contribution in [1.29, 1.82) is 0 Å². The lowest BCUT2D eigenvalue weighted by atomic mass is 10.2.